The van der Waals surface area contributed by atoms with Crippen LogP contribution in [-0.2, 0) is 5.60 Å². The number of ether oxygens (including phenoxy) is 2. The highest BCUT2D eigenvalue weighted by Gasteiger charge is 2.45. The standard InChI is InChI=1S/C9H12N2O3/c1-13-6-5-10-8(9(12)3-4-9)11-7(6)14-2/h5,12H,3-4H2,1-2H3. The Morgan fingerprint density at radius 1 is 1.36 bits per heavy atom. The van der Waals surface area contributed by atoms with Gasteiger partial charge in [0.15, 0.2) is 11.6 Å². The Morgan fingerprint density at radius 3 is 2.57 bits per heavy atom. The molecule has 1 aromatic rings. The van der Waals surface area contributed by atoms with E-state index in [1.807, 2.05) is 0 Å². The van der Waals surface area contributed by atoms with Gasteiger partial charge in [-0.1, -0.05) is 0 Å². The summed E-state index contributed by atoms with van der Waals surface area (Å²) >= 11 is 0. The van der Waals surface area contributed by atoms with Crippen LogP contribution in [0.2, 0.25) is 0 Å². The van der Waals surface area contributed by atoms with Crippen molar-refractivity contribution in [3.05, 3.63) is 12.0 Å². The summed E-state index contributed by atoms with van der Waals surface area (Å²) in [5, 5.41) is 9.76. The van der Waals surface area contributed by atoms with Gasteiger partial charge in [0.2, 0.25) is 0 Å². The molecule has 1 N–H and O–H groups in total. The Labute approximate surface area is 81.7 Å². The van der Waals surface area contributed by atoms with E-state index in [0.29, 0.717) is 30.3 Å². The fourth-order valence-electron chi connectivity index (χ4n) is 1.21. The number of rotatable bonds is 3. The van der Waals surface area contributed by atoms with E-state index >= 15 is 0 Å². The first-order valence-electron chi connectivity index (χ1n) is 4.37. The molecule has 0 spiro atoms. The van der Waals surface area contributed by atoms with Crippen LogP contribution >= 0.6 is 0 Å². The van der Waals surface area contributed by atoms with E-state index in [-0.39, 0.29) is 0 Å². The van der Waals surface area contributed by atoms with Crippen LogP contribution in [0.4, 0.5) is 0 Å². The molecule has 0 unspecified atom stereocenters. The van der Waals surface area contributed by atoms with Crippen LogP contribution in [0.3, 0.4) is 0 Å². The molecule has 0 amide bonds. The van der Waals surface area contributed by atoms with Gasteiger partial charge in [0, 0.05) is 0 Å². The predicted octanol–water partition coefficient (Wildman–Crippen LogP) is 0.475. The number of methoxy groups -OCH3 is 2. The highest BCUT2D eigenvalue weighted by atomic mass is 16.5. The third kappa shape index (κ3) is 1.39. The number of hydrogen-bond donors (Lipinski definition) is 1. The molecule has 1 saturated carbocycles. The number of nitrogens with zero attached hydrogens (tertiary/aromatic N) is 2. The van der Waals surface area contributed by atoms with Gasteiger partial charge in [-0.25, -0.2) is 4.98 Å². The summed E-state index contributed by atoms with van der Waals surface area (Å²) in [5.74, 6) is 1.24. The summed E-state index contributed by atoms with van der Waals surface area (Å²) in [7, 11) is 3.03. The van der Waals surface area contributed by atoms with E-state index in [2.05, 4.69) is 9.97 Å². The van der Waals surface area contributed by atoms with Crippen molar-refractivity contribution in [1.29, 1.82) is 0 Å². The number of hydrogen-bond acceptors (Lipinski definition) is 5. The SMILES string of the molecule is COc1cnc(C2(O)CC2)nc1OC. The molecule has 1 heterocycles. The van der Waals surface area contributed by atoms with Crippen molar-refractivity contribution in [3.63, 3.8) is 0 Å². The van der Waals surface area contributed by atoms with Gasteiger partial charge in [0.25, 0.3) is 5.88 Å². The second-order valence-corrected chi connectivity index (χ2v) is 3.30. The van der Waals surface area contributed by atoms with E-state index in [1.54, 1.807) is 0 Å². The lowest BCUT2D eigenvalue weighted by Crippen LogP contribution is -2.11. The minimum Gasteiger partial charge on any atom is -0.490 e. The molecule has 5 heteroatoms. The summed E-state index contributed by atoms with van der Waals surface area (Å²) in [5.41, 5.74) is -0.834. The van der Waals surface area contributed by atoms with Gasteiger partial charge >= 0.3 is 0 Å². The zero-order valence-corrected chi connectivity index (χ0v) is 8.15. The Kier molecular flexibility index (Phi) is 2.03. The molecule has 2 rings (SSSR count). The average molecular weight is 196 g/mol. The molecular formula is C9H12N2O3. The highest BCUT2D eigenvalue weighted by Crippen LogP contribution is 2.44. The summed E-state index contributed by atoms with van der Waals surface area (Å²) in [6.45, 7) is 0. The lowest BCUT2D eigenvalue weighted by atomic mass is 10.3. The molecule has 1 aromatic heterocycles. The van der Waals surface area contributed by atoms with Crippen LogP contribution < -0.4 is 9.47 Å². The van der Waals surface area contributed by atoms with Crippen LogP contribution in [0.1, 0.15) is 18.7 Å². The van der Waals surface area contributed by atoms with Gasteiger partial charge in [-0.3, -0.25) is 0 Å². The van der Waals surface area contributed by atoms with Gasteiger partial charge in [-0.15, -0.1) is 0 Å². The van der Waals surface area contributed by atoms with Crippen LogP contribution in [0.5, 0.6) is 11.6 Å². The van der Waals surface area contributed by atoms with Crippen molar-refractivity contribution in [3.8, 4) is 11.6 Å². The van der Waals surface area contributed by atoms with Gasteiger partial charge in [0.1, 0.15) is 5.60 Å². The zero-order chi connectivity index (χ0) is 10.2. The van der Waals surface area contributed by atoms with Crippen LogP contribution in [0.15, 0.2) is 6.20 Å². The van der Waals surface area contributed by atoms with E-state index in [1.165, 1.54) is 20.4 Å². The normalized spacial score (nSPS) is 17.6. The Hall–Kier alpha value is -1.36. The lowest BCUT2D eigenvalue weighted by Gasteiger charge is -2.09. The molecule has 1 aliphatic rings. The van der Waals surface area contributed by atoms with E-state index in [4.69, 9.17) is 9.47 Å². The first-order chi connectivity index (χ1) is 6.69. The van der Waals surface area contributed by atoms with Crippen LogP contribution in [0.25, 0.3) is 0 Å². The zero-order valence-electron chi connectivity index (χ0n) is 8.15. The Bertz CT molecular complexity index is 350. The monoisotopic (exact) mass is 196 g/mol. The maximum Gasteiger partial charge on any atom is 0.260 e. The van der Waals surface area contributed by atoms with Crippen molar-refractivity contribution < 1.29 is 14.6 Å². The van der Waals surface area contributed by atoms with Crippen molar-refractivity contribution in [1.82, 2.24) is 9.97 Å². The van der Waals surface area contributed by atoms with E-state index < -0.39 is 5.60 Å². The molecule has 0 aromatic carbocycles. The maximum atomic E-state index is 9.76. The largest absolute Gasteiger partial charge is 0.490 e. The molecule has 0 radical (unpaired) electrons. The molecule has 5 nitrogen and oxygen atoms in total. The van der Waals surface area contributed by atoms with Crippen molar-refractivity contribution in [2.45, 2.75) is 18.4 Å². The summed E-state index contributed by atoms with van der Waals surface area (Å²) in [6.07, 6.45) is 2.93. The molecule has 0 aliphatic heterocycles. The maximum absolute atomic E-state index is 9.76. The van der Waals surface area contributed by atoms with Crippen molar-refractivity contribution >= 4 is 0 Å². The molecule has 1 aliphatic carbocycles. The van der Waals surface area contributed by atoms with Gasteiger partial charge in [-0.2, -0.15) is 4.98 Å². The minimum absolute atomic E-state index is 0.359. The fourth-order valence-corrected chi connectivity index (χ4v) is 1.21. The third-order valence-electron chi connectivity index (χ3n) is 2.28. The van der Waals surface area contributed by atoms with Gasteiger partial charge in [-0.05, 0) is 12.8 Å². The predicted molar refractivity (Wildman–Crippen MR) is 48.3 cm³/mol. The first-order valence-corrected chi connectivity index (χ1v) is 4.37. The van der Waals surface area contributed by atoms with Gasteiger partial charge < -0.3 is 14.6 Å². The molecule has 0 bridgehead atoms. The second kappa shape index (κ2) is 3.09. The lowest BCUT2D eigenvalue weighted by molar-refractivity contribution is 0.139. The summed E-state index contributed by atoms with van der Waals surface area (Å²) in [4.78, 5) is 8.11. The molecule has 0 saturated heterocycles. The molecule has 14 heavy (non-hydrogen) atoms. The van der Waals surface area contributed by atoms with Crippen LogP contribution in [0, 0.1) is 0 Å². The van der Waals surface area contributed by atoms with E-state index in [0.717, 1.165) is 0 Å². The Morgan fingerprint density at radius 2 is 2.07 bits per heavy atom. The van der Waals surface area contributed by atoms with Crippen molar-refractivity contribution in [2.24, 2.45) is 0 Å². The van der Waals surface area contributed by atoms with Crippen LogP contribution in [-0.4, -0.2) is 29.3 Å². The van der Waals surface area contributed by atoms with Crippen molar-refractivity contribution in [2.75, 3.05) is 14.2 Å². The highest BCUT2D eigenvalue weighted by molar-refractivity contribution is 5.32. The minimum atomic E-state index is -0.834. The average Bonchev–Trinajstić information content (AvgIpc) is 2.97. The Balaban J connectivity index is 2.36. The summed E-state index contributed by atoms with van der Waals surface area (Å²) < 4.78 is 10.0. The molecule has 1 fully saturated rings. The molecule has 0 atom stereocenters. The second-order valence-electron chi connectivity index (χ2n) is 3.30. The molecular weight excluding hydrogens is 184 g/mol. The quantitative estimate of drug-likeness (QED) is 0.761. The fraction of sp³-hybridized carbons (Fsp3) is 0.556. The third-order valence-corrected chi connectivity index (χ3v) is 2.28. The van der Waals surface area contributed by atoms with Gasteiger partial charge in [0.05, 0.1) is 20.4 Å². The number of aromatic nitrogens is 2. The first kappa shape index (κ1) is 9.21. The number of aliphatic hydroxyl groups is 1. The van der Waals surface area contributed by atoms with E-state index in [9.17, 15) is 5.11 Å². The smallest absolute Gasteiger partial charge is 0.260 e. The topological polar surface area (TPSA) is 64.5 Å². The molecule has 76 valence electrons. The summed E-state index contributed by atoms with van der Waals surface area (Å²) in [6, 6.07) is 0.